The fourth-order valence-corrected chi connectivity index (χ4v) is 0. The van der Waals surface area contributed by atoms with Gasteiger partial charge in [-0.1, -0.05) is 0 Å². The van der Waals surface area contributed by atoms with Crippen LogP contribution in [0.2, 0.25) is 0 Å². The van der Waals surface area contributed by atoms with Gasteiger partial charge in [-0.2, -0.15) is 0 Å². The van der Waals surface area contributed by atoms with E-state index in [0.717, 1.165) is 0 Å². The normalized spacial score (nSPS) is 7.00. The number of carbonyl (C=O) groups excluding carboxylic acids is 1. The van der Waals surface area contributed by atoms with Gasteiger partial charge >= 0.3 is 31.0 Å². The first-order chi connectivity index (χ1) is 1.91. The summed E-state index contributed by atoms with van der Waals surface area (Å²) >= 11 is -0.933. The van der Waals surface area contributed by atoms with Crippen molar-refractivity contribution in [1.82, 2.24) is 0 Å². The summed E-state index contributed by atoms with van der Waals surface area (Å²) in [7, 11) is 0. The molecule has 0 heterocycles. The SMILES string of the molecule is O=[CH][Pd]=[O]. The van der Waals surface area contributed by atoms with Crippen LogP contribution in [0.25, 0.3) is 0 Å². The van der Waals surface area contributed by atoms with Gasteiger partial charge in [-0.3, -0.25) is 0 Å². The van der Waals surface area contributed by atoms with Gasteiger partial charge in [0.25, 0.3) is 0 Å². The molecule has 0 aliphatic carbocycles. The molecule has 0 rings (SSSR count). The second-order valence-electron chi connectivity index (χ2n) is 0.149. The molecule has 0 aromatic rings. The molecule has 0 spiro atoms. The van der Waals surface area contributed by atoms with E-state index in [1.165, 1.54) is 0 Å². The molecule has 0 amide bonds. The minimum absolute atomic E-state index is 0.369. The Balaban J connectivity index is 2.73. The number of hydrogen-bond acceptors (Lipinski definition) is 2. The quantitative estimate of drug-likeness (QED) is 0.378. The van der Waals surface area contributed by atoms with Gasteiger partial charge in [-0.05, 0) is 0 Å². The third-order valence-corrected chi connectivity index (χ3v) is 0.180. The summed E-state index contributed by atoms with van der Waals surface area (Å²) in [5.41, 5.74) is 0. The maximum atomic E-state index is 8.98. The number of rotatable bonds is 1. The van der Waals surface area contributed by atoms with E-state index >= 15 is 0 Å². The Bertz CT molecular complexity index is 27.0. The Morgan fingerprint density at radius 1 is 1.75 bits per heavy atom. The first-order valence-electron chi connectivity index (χ1n) is 0.547. The first-order valence-corrected chi connectivity index (χ1v) is 2.08. The van der Waals surface area contributed by atoms with Crippen molar-refractivity contribution in [2.45, 2.75) is 0 Å². The van der Waals surface area contributed by atoms with Gasteiger partial charge in [-0.15, -0.1) is 0 Å². The molecule has 0 aromatic carbocycles. The van der Waals surface area contributed by atoms with Gasteiger partial charge in [0, 0.05) is 0 Å². The summed E-state index contributed by atoms with van der Waals surface area (Å²) in [6, 6.07) is 0. The first kappa shape index (κ1) is 4.13. The molecule has 0 atom stereocenters. The summed E-state index contributed by atoms with van der Waals surface area (Å²) in [5, 5.41) is 0. The van der Waals surface area contributed by atoms with Gasteiger partial charge in [0.15, 0.2) is 0 Å². The van der Waals surface area contributed by atoms with E-state index in [2.05, 4.69) is 0 Å². The van der Waals surface area contributed by atoms with Crippen molar-refractivity contribution >= 4 is 4.76 Å². The third-order valence-electron chi connectivity index (χ3n) is 0.0304. The summed E-state index contributed by atoms with van der Waals surface area (Å²) in [6.45, 7) is 0. The van der Waals surface area contributed by atoms with Gasteiger partial charge in [-0.25, -0.2) is 0 Å². The molecule has 0 aromatic heterocycles. The van der Waals surface area contributed by atoms with Crippen molar-refractivity contribution < 1.29 is 26.2 Å². The molecule has 0 N–H and O–H groups in total. The molecular weight excluding hydrogens is 150 g/mol. The Labute approximate surface area is 31.6 Å². The summed E-state index contributed by atoms with van der Waals surface area (Å²) < 4.78 is 9.35. The van der Waals surface area contributed by atoms with E-state index in [1.807, 2.05) is 0 Å². The molecule has 0 aliphatic heterocycles. The van der Waals surface area contributed by atoms with E-state index in [-0.39, 0.29) is 0 Å². The van der Waals surface area contributed by atoms with Gasteiger partial charge in [0.1, 0.15) is 0 Å². The molecule has 4 heavy (non-hydrogen) atoms. The van der Waals surface area contributed by atoms with Crippen LogP contribution in [-0.2, 0) is 26.2 Å². The van der Waals surface area contributed by atoms with Crippen LogP contribution >= 0.6 is 0 Å². The van der Waals surface area contributed by atoms with Crippen LogP contribution in [0.15, 0.2) is 0 Å². The van der Waals surface area contributed by atoms with E-state index in [1.54, 1.807) is 0 Å². The molecule has 3 heteroatoms. The molecule has 0 aliphatic rings. The predicted octanol–water partition coefficient (Wildman–Crippen LogP) is -0.395. The zero-order chi connectivity index (χ0) is 3.41. The third kappa shape index (κ3) is 2.13. The standard InChI is InChI=1S/CHO.O.Pd/c1-2;;/h1H;;. The summed E-state index contributed by atoms with van der Waals surface area (Å²) in [6.07, 6.45) is 0. The van der Waals surface area contributed by atoms with E-state index in [9.17, 15) is 0 Å². The molecule has 0 unspecified atom stereocenters. The van der Waals surface area contributed by atoms with Crippen LogP contribution in [0.4, 0.5) is 0 Å². The summed E-state index contributed by atoms with van der Waals surface area (Å²) in [5.74, 6) is 0. The zero-order valence-electron chi connectivity index (χ0n) is 1.71. The van der Waals surface area contributed by atoms with Crippen molar-refractivity contribution in [3.05, 3.63) is 0 Å². The van der Waals surface area contributed by atoms with Crippen molar-refractivity contribution in [2.24, 2.45) is 0 Å². The Morgan fingerprint density at radius 2 is 2.00 bits per heavy atom. The van der Waals surface area contributed by atoms with Crippen molar-refractivity contribution in [3.63, 3.8) is 0 Å². The zero-order valence-corrected chi connectivity index (χ0v) is 3.26. The fraction of sp³-hybridized carbons (Fsp3) is 0. The fourth-order valence-electron chi connectivity index (χ4n) is 0. The number of hydrogen-bond donors (Lipinski definition) is 0. The minimum atomic E-state index is -0.933. The topological polar surface area (TPSA) is 34.1 Å². The van der Waals surface area contributed by atoms with Crippen LogP contribution in [0, 0.1) is 0 Å². The molecule has 0 fully saturated rings. The molecular formula is CHO2Pd. The summed E-state index contributed by atoms with van der Waals surface area (Å²) in [4.78, 5) is 8.88. The Morgan fingerprint density at radius 3 is 2.00 bits per heavy atom. The van der Waals surface area contributed by atoms with Gasteiger partial charge in [0.05, 0.1) is 0 Å². The van der Waals surface area contributed by atoms with Crippen LogP contribution in [-0.4, -0.2) is 4.76 Å². The molecule has 2 nitrogen and oxygen atoms in total. The monoisotopic (exact) mass is 151 g/mol. The van der Waals surface area contributed by atoms with Gasteiger partial charge in [0.2, 0.25) is 0 Å². The van der Waals surface area contributed by atoms with Crippen LogP contribution in [0.5, 0.6) is 0 Å². The number of carbonyl (C=O) groups is 1. The molecule has 0 saturated heterocycles. The second kappa shape index (κ2) is 3.13. The predicted molar refractivity (Wildman–Crippen MR) is 7.44 cm³/mol. The Hall–Kier alpha value is 0.132. The van der Waals surface area contributed by atoms with Crippen molar-refractivity contribution in [3.8, 4) is 0 Å². The molecule has 0 bridgehead atoms. The van der Waals surface area contributed by atoms with Crippen LogP contribution in [0.3, 0.4) is 0 Å². The molecule has 0 radical (unpaired) electrons. The van der Waals surface area contributed by atoms with Crippen molar-refractivity contribution in [1.29, 1.82) is 0 Å². The van der Waals surface area contributed by atoms with Crippen molar-refractivity contribution in [2.75, 3.05) is 0 Å². The molecule has 0 saturated carbocycles. The maximum absolute atomic E-state index is 8.98. The van der Waals surface area contributed by atoms with E-state index in [4.69, 9.17) is 8.26 Å². The van der Waals surface area contributed by atoms with E-state index in [0.29, 0.717) is 4.76 Å². The van der Waals surface area contributed by atoms with Crippen LogP contribution in [0.1, 0.15) is 0 Å². The Kier molecular flexibility index (Phi) is 3.24. The van der Waals surface area contributed by atoms with Gasteiger partial charge < -0.3 is 0 Å². The second-order valence-corrected chi connectivity index (χ2v) is 0.882. The average molecular weight is 151 g/mol. The molecule has 27 valence electrons. The average Bonchev–Trinajstić information content (AvgIpc) is 1.37. The van der Waals surface area contributed by atoms with E-state index < -0.39 is 17.9 Å². The van der Waals surface area contributed by atoms with Crippen LogP contribution < -0.4 is 0 Å².